The van der Waals surface area contributed by atoms with Crippen LogP contribution in [-0.2, 0) is 14.8 Å². The van der Waals surface area contributed by atoms with E-state index in [0.29, 0.717) is 13.0 Å². The molecule has 2 unspecified atom stereocenters. The summed E-state index contributed by atoms with van der Waals surface area (Å²) >= 11 is 0. The molecule has 0 saturated carbocycles. The summed E-state index contributed by atoms with van der Waals surface area (Å²) in [6.07, 6.45) is 1.40. The van der Waals surface area contributed by atoms with Gasteiger partial charge in [-0.2, -0.15) is 0 Å². The Labute approximate surface area is 98.0 Å². The van der Waals surface area contributed by atoms with Crippen LogP contribution in [0.1, 0.15) is 26.7 Å². The van der Waals surface area contributed by atoms with E-state index in [1.807, 2.05) is 13.8 Å². The molecule has 1 rings (SSSR count). The number of nitrogens with one attached hydrogen (secondary N) is 2. The molecular formula is C10H22N2O3S. The third-order valence-electron chi connectivity index (χ3n) is 2.72. The van der Waals surface area contributed by atoms with Crippen molar-refractivity contribution in [3.8, 4) is 0 Å². The maximum Gasteiger partial charge on any atom is 0.211 e. The fourth-order valence-corrected chi connectivity index (χ4v) is 3.15. The quantitative estimate of drug-likeness (QED) is 0.628. The summed E-state index contributed by atoms with van der Waals surface area (Å²) in [5.41, 5.74) is 0. The van der Waals surface area contributed by atoms with Crippen LogP contribution in [0.2, 0.25) is 0 Å². The molecule has 16 heavy (non-hydrogen) atoms. The number of sulfonamides is 1. The molecule has 0 aliphatic carbocycles. The molecule has 0 aromatic carbocycles. The third-order valence-corrected chi connectivity index (χ3v) is 4.21. The van der Waals surface area contributed by atoms with E-state index in [9.17, 15) is 8.42 Å². The minimum absolute atomic E-state index is 0.0106. The summed E-state index contributed by atoms with van der Waals surface area (Å²) in [5.74, 6) is 0.184. The molecule has 0 amide bonds. The molecular weight excluding hydrogens is 228 g/mol. The molecule has 1 saturated heterocycles. The third kappa shape index (κ3) is 4.78. The Bertz CT molecular complexity index is 292. The first-order valence-corrected chi connectivity index (χ1v) is 7.52. The summed E-state index contributed by atoms with van der Waals surface area (Å²) < 4.78 is 31.4. The van der Waals surface area contributed by atoms with Gasteiger partial charge < -0.3 is 10.1 Å². The second-order valence-electron chi connectivity index (χ2n) is 4.11. The van der Waals surface area contributed by atoms with E-state index in [1.54, 1.807) is 0 Å². The maximum atomic E-state index is 11.7. The predicted octanol–water partition coefficient (Wildman–Crippen LogP) is 0.0828. The Morgan fingerprint density at radius 2 is 2.19 bits per heavy atom. The molecule has 1 aliphatic rings. The van der Waals surface area contributed by atoms with Gasteiger partial charge in [-0.25, -0.2) is 13.1 Å². The Morgan fingerprint density at radius 1 is 1.44 bits per heavy atom. The maximum absolute atomic E-state index is 11.7. The van der Waals surface area contributed by atoms with Crippen molar-refractivity contribution in [2.24, 2.45) is 0 Å². The lowest BCUT2D eigenvalue weighted by atomic mass is 10.2. The summed E-state index contributed by atoms with van der Waals surface area (Å²) in [5, 5.41) is 3.11. The van der Waals surface area contributed by atoms with E-state index >= 15 is 0 Å². The molecule has 0 aromatic rings. The zero-order valence-electron chi connectivity index (χ0n) is 10.0. The minimum atomic E-state index is -3.15. The van der Waals surface area contributed by atoms with Crippen molar-refractivity contribution in [2.75, 3.05) is 25.4 Å². The molecule has 1 heterocycles. The molecule has 0 aromatic heterocycles. The standard InChI is InChI=1S/C10H22N2O3S/c1-3-11-6-4-8-16(13,14)12-10-5-7-15-9(10)2/h9-12H,3-8H2,1-2H3. The molecule has 0 radical (unpaired) electrons. The smallest absolute Gasteiger partial charge is 0.211 e. The number of hydrogen-bond donors (Lipinski definition) is 2. The summed E-state index contributed by atoms with van der Waals surface area (Å²) in [4.78, 5) is 0. The van der Waals surface area contributed by atoms with Crippen LogP contribution >= 0.6 is 0 Å². The Kier molecular flexibility index (Phi) is 5.68. The lowest BCUT2D eigenvalue weighted by Gasteiger charge is -2.16. The molecule has 96 valence electrons. The Morgan fingerprint density at radius 3 is 2.75 bits per heavy atom. The van der Waals surface area contributed by atoms with Gasteiger partial charge in [-0.05, 0) is 32.9 Å². The van der Waals surface area contributed by atoms with Crippen LogP contribution in [0, 0.1) is 0 Å². The largest absolute Gasteiger partial charge is 0.377 e. The molecule has 1 aliphatic heterocycles. The Hall–Kier alpha value is -0.170. The van der Waals surface area contributed by atoms with Crippen molar-refractivity contribution in [1.29, 1.82) is 0 Å². The minimum Gasteiger partial charge on any atom is -0.377 e. The molecule has 0 spiro atoms. The van der Waals surface area contributed by atoms with Gasteiger partial charge >= 0.3 is 0 Å². The van der Waals surface area contributed by atoms with Crippen molar-refractivity contribution in [3.05, 3.63) is 0 Å². The van der Waals surface area contributed by atoms with Crippen LogP contribution in [0.15, 0.2) is 0 Å². The van der Waals surface area contributed by atoms with E-state index < -0.39 is 10.0 Å². The van der Waals surface area contributed by atoms with Crippen molar-refractivity contribution in [3.63, 3.8) is 0 Å². The second-order valence-corrected chi connectivity index (χ2v) is 5.99. The molecule has 0 bridgehead atoms. The van der Waals surface area contributed by atoms with E-state index in [0.717, 1.165) is 19.5 Å². The highest BCUT2D eigenvalue weighted by Crippen LogP contribution is 2.13. The van der Waals surface area contributed by atoms with Gasteiger partial charge in [-0.3, -0.25) is 0 Å². The van der Waals surface area contributed by atoms with Gasteiger partial charge in [0.05, 0.1) is 11.9 Å². The van der Waals surface area contributed by atoms with Crippen LogP contribution in [0.25, 0.3) is 0 Å². The van der Waals surface area contributed by atoms with Gasteiger partial charge in [0.1, 0.15) is 0 Å². The van der Waals surface area contributed by atoms with Gasteiger partial charge in [0.2, 0.25) is 10.0 Å². The second kappa shape index (κ2) is 6.54. The SMILES string of the molecule is CCNCCCS(=O)(=O)NC1CCOC1C. The highest BCUT2D eigenvalue weighted by molar-refractivity contribution is 7.89. The van der Waals surface area contributed by atoms with Gasteiger partial charge in [0.25, 0.3) is 0 Å². The summed E-state index contributed by atoms with van der Waals surface area (Å²) in [6.45, 7) is 6.17. The molecule has 1 fully saturated rings. The molecule has 2 N–H and O–H groups in total. The number of hydrogen-bond acceptors (Lipinski definition) is 4. The number of rotatable bonds is 7. The lowest BCUT2D eigenvalue weighted by molar-refractivity contribution is 0.117. The van der Waals surface area contributed by atoms with Gasteiger partial charge in [0, 0.05) is 12.6 Å². The fourth-order valence-electron chi connectivity index (χ4n) is 1.74. The van der Waals surface area contributed by atoms with E-state index in [1.165, 1.54) is 0 Å². The van der Waals surface area contributed by atoms with E-state index in [4.69, 9.17) is 4.74 Å². The highest BCUT2D eigenvalue weighted by atomic mass is 32.2. The van der Waals surface area contributed by atoms with Crippen LogP contribution in [-0.4, -0.2) is 46.0 Å². The van der Waals surface area contributed by atoms with Crippen LogP contribution in [0.4, 0.5) is 0 Å². The van der Waals surface area contributed by atoms with Crippen LogP contribution in [0.5, 0.6) is 0 Å². The summed E-state index contributed by atoms with van der Waals surface area (Å²) in [6, 6.07) is -0.0517. The number of ether oxygens (including phenoxy) is 1. The lowest BCUT2D eigenvalue weighted by Crippen LogP contribution is -2.40. The first-order chi connectivity index (χ1) is 7.55. The van der Waals surface area contributed by atoms with Crippen molar-refractivity contribution < 1.29 is 13.2 Å². The topological polar surface area (TPSA) is 67.4 Å². The van der Waals surface area contributed by atoms with Gasteiger partial charge in [-0.15, -0.1) is 0 Å². The normalized spacial score (nSPS) is 26.1. The van der Waals surface area contributed by atoms with E-state index in [2.05, 4.69) is 10.0 Å². The first kappa shape index (κ1) is 13.9. The van der Waals surface area contributed by atoms with E-state index in [-0.39, 0.29) is 17.9 Å². The monoisotopic (exact) mass is 250 g/mol. The highest BCUT2D eigenvalue weighted by Gasteiger charge is 2.27. The van der Waals surface area contributed by atoms with Crippen LogP contribution in [0.3, 0.4) is 0 Å². The van der Waals surface area contributed by atoms with Crippen molar-refractivity contribution >= 4 is 10.0 Å². The molecule has 2 atom stereocenters. The zero-order valence-corrected chi connectivity index (χ0v) is 10.8. The molecule has 6 heteroatoms. The first-order valence-electron chi connectivity index (χ1n) is 5.87. The molecule has 5 nitrogen and oxygen atoms in total. The Balaban J connectivity index is 2.28. The average Bonchev–Trinajstić information content (AvgIpc) is 2.59. The summed E-state index contributed by atoms with van der Waals surface area (Å²) in [7, 11) is -3.15. The van der Waals surface area contributed by atoms with Gasteiger partial charge in [0.15, 0.2) is 0 Å². The zero-order chi connectivity index (χ0) is 12.0. The van der Waals surface area contributed by atoms with Gasteiger partial charge in [-0.1, -0.05) is 6.92 Å². The van der Waals surface area contributed by atoms with Crippen LogP contribution < -0.4 is 10.0 Å². The fraction of sp³-hybridized carbons (Fsp3) is 1.00. The van der Waals surface area contributed by atoms with Crippen molar-refractivity contribution in [2.45, 2.75) is 38.8 Å². The average molecular weight is 250 g/mol. The predicted molar refractivity (Wildman–Crippen MR) is 63.9 cm³/mol. The van der Waals surface area contributed by atoms with Crippen molar-refractivity contribution in [1.82, 2.24) is 10.0 Å².